The first kappa shape index (κ1) is 15.3. The summed E-state index contributed by atoms with van der Waals surface area (Å²) < 4.78 is 0.601. The summed E-state index contributed by atoms with van der Waals surface area (Å²) in [5.74, 6) is 0. The minimum absolute atomic E-state index is 0. The zero-order valence-corrected chi connectivity index (χ0v) is 8.19. The Morgan fingerprint density at radius 3 is 1.31 bits per heavy atom. The third-order valence-electron chi connectivity index (χ3n) is 2.39. The van der Waals surface area contributed by atoms with Gasteiger partial charge in [-0.05, 0) is 6.92 Å². The van der Waals surface area contributed by atoms with Gasteiger partial charge in [0, 0.05) is 0 Å². The van der Waals surface area contributed by atoms with E-state index >= 15 is 0 Å². The molecule has 0 aromatic heterocycles. The van der Waals surface area contributed by atoms with Crippen molar-refractivity contribution < 1.29 is 25.3 Å². The maximum absolute atomic E-state index is 8.81. The number of aliphatic hydroxyl groups excluding tert-OH is 3. The first-order valence-electron chi connectivity index (χ1n) is 4.42. The van der Waals surface area contributed by atoms with Crippen LogP contribution in [0.5, 0.6) is 0 Å². The largest absolute Gasteiger partial charge is 0.870 e. The average molecular weight is 195 g/mol. The number of aliphatic hydroxyl groups is 3. The number of rotatable bonds is 7. The van der Waals surface area contributed by atoms with Crippen LogP contribution in [0.4, 0.5) is 0 Å². The summed E-state index contributed by atoms with van der Waals surface area (Å²) in [7, 11) is 0. The Balaban J connectivity index is 0. The lowest BCUT2D eigenvalue weighted by Crippen LogP contribution is -2.53. The summed E-state index contributed by atoms with van der Waals surface area (Å²) in [5, 5.41) is 26.4. The molecule has 5 nitrogen and oxygen atoms in total. The van der Waals surface area contributed by atoms with Crippen molar-refractivity contribution in [3.8, 4) is 0 Å². The fourth-order valence-electron chi connectivity index (χ4n) is 1.45. The molecule has 0 fully saturated rings. The van der Waals surface area contributed by atoms with Crippen LogP contribution in [0, 0.1) is 0 Å². The Morgan fingerprint density at radius 2 is 1.15 bits per heavy atom. The first-order chi connectivity index (χ1) is 5.74. The van der Waals surface area contributed by atoms with Crippen LogP contribution in [-0.2, 0) is 0 Å². The van der Waals surface area contributed by atoms with E-state index in [0.717, 1.165) is 6.54 Å². The lowest BCUT2D eigenvalue weighted by molar-refractivity contribution is -0.927. The van der Waals surface area contributed by atoms with Crippen molar-refractivity contribution in [2.75, 3.05) is 46.0 Å². The normalized spacial score (nSPS) is 11.1. The second-order valence-corrected chi connectivity index (χ2v) is 3.00. The Kier molecular flexibility index (Phi) is 9.87. The minimum Gasteiger partial charge on any atom is -0.870 e. The molecule has 0 radical (unpaired) electrons. The van der Waals surface area contributed by atoms with Crippen LogP contribution in [0.25, 0.3) is 0 Å². The van der Waals surface area contributed by atoms with E-state index in [-0.39, 0.29) is 25.3 Å². The molecule has 0 saturated carbocycles. The molecule has 0 aliphatic heterocycles. The molecular weight excluding hydrogens is 174 g/mol. The van der Waals surface area contributed by atoms with Gasteiger partial charge in [0.05, 0.1) is 26.4 Å². The van der Waals surface area contributed by atoms with Crippen LogP contribution < -0.4 is 0 Å². The fourth-order valence-corrected chi connectivity index (χ4v) is 1.45. The van der Waals surface area contributed by atoms with E-state index in [1.54, 1.807) is 0 Å². The monoisotopic (exact) mass is 195 g/mol. The van der Waals surface area contributed by atoms with E-state index in [1.807, 2.05) is 6.92 Å². The van der Waals surface area contributed by atoms with Gasteiger partial charge in [0.15, 0.2) is 0 Å². The van der Waals surface area contributed by atoms with Gasteiger partial charge in [-0.15, -0.1) is 0 Å². The zero-order chi connectivity index (χ0) is 9.45. The highest BCUT2D eigenvalue weighted by Crippen LogP contribution is 2.04. The van der Waals surface area contributed by atoms with Crippen LogP contribution in [0.3, 0.4) is 0 Å². The molecule has 5 heteroatoms. The van der Waals surface area contributed by atoms with E-state index in [9.17, 15) is 0 Å². The van der Waals surface area contributed by atoms with Gasteiger partial charge >= 0.3 is 0 Å². The third-order valence-corrected chi connectivity index (χ3v) is 2.39. The number of quaternary nitrogens is 1. The Bertz CT molecular complexity index is 93.3. The van der Waals surface area contributed by atoms with E-state index in [2.05, 4.69) is 0 Å². The summed E-state index contributed by atoms with van der Waals surface area (Å²) >= 11 is 0. The van der Waals surface area contributed by atoms with Crippen LogP contribution >= 0.6 is 0 Å². The summed E-state index contributed by atoms with van der Waals surface area (Å²) in [4.78, 5) is 0. The second kappa shape index (κ2) is 8.40. The summed E-state index contributed by atoms with van der Waals surface area (Å²) in [6.07, 6.45) is 0. The molecule has 0 aliphatic rings. The number of nitrogens with zero attached hydrogens (tertiary/aromatic N) is 1. The lowest BCUT2D eigenvalue weighted by atomic mass is 10.3. The molecule has 0 rings (SSSR count). The van der Waals surface area contributed by atoms with Gasteiger partial charge in [0.1, 0.15) is 19.6 Å². The molecule has 0 amide bonds. The highest BCUT2D eigenvalue weighted by atomic mass is 16.3. The van der Waals surface area contributed by atoms with Gasteiger partial charge in [-0.2, -0.15) is 0 Å². The Hall–Kier alpha value is -0.200. The molecule has 13 heavy (non-hydrogen) atoms. The van der Waals surface area contributed by atoms with Gasteiger partial charge in [0.2, 0.25) is 0 Å². The molecule has 0 aliphatic carbocycles. The van der Waals surface area contributed by atoms with Gasteiger partial charge in [-0.3, -0.25) is 0 Å². The van der Waals surface area contributed by atoms with Crippen LogP contribution in [-0.4, -0.2) is 71.3 Å². The van der Waals surface area contributed by atoms with Crippen molar-refractivity contribution in [3.05, 3.63) is 0 Å². The number of hydrogen-bond acceptors (Lipinski definition) is 4. The SMILES string of the molecule is CC[N+](CCO)(CCO)CCO.[OH-]. The van der Waals surface area contributed by atoms with E-state index in [4.69, 9.17) is 15.3 Å². The smallest absolute Gasteiger partial charge is 0.102 e. The highest BCUT2D eigenvalue weighted by Gasteiger charge is 2.22. The van der Waals surface area contributed by atoms with Crippen molar-refractivity contribution in [1.82, 2.24) is 0 Å². The van der Waals surface area contributed by atoms with Gasteiger partial charge in [-0.25, -0.2) is 0 Å². The quantitative estimate of drug-likeness (QED) is 0.437. The van der Waals surface area contributed by atoms with Crippen molar-refractivity contribution in [2.24, 2.45) is 0 Å². The average Bonchev–Trinajstić information content (AvgIpc) is 2.06. The standard InChI is InChI=1S/C8H20NO3.H2O/c1-2-9(3-6-10,4-7-11)5-8-12;/h10-12H,2-8H2,1H3;1H2/q+1;/p-1. The zero-order valence-electron chi connectivity index (χ0n) is 8.19. The molecule has 4 N–H and O–H groups in total. The molecule has 0 saturated heterocycles. The van der Waals surface area contributed by atoms with E-state index in [1.165, 1.54) is 0 Å². The Morgan fingerprint density at radius 1 is 0.846 bits per heavy atom. The van der Waals surface area contributed by atoms with Crippen molar-refractivity contribution in [3.63, 3.8) is 0 Å². The first-order valence-corrected chi connectivity index (χ1v) is 4.42. The molecule has 0 aromatic carbocycles. The molecule has 0 unspecified atom stereocenters. The lowest BCUT2D eigenvalue weighted by Gasteiger charge is -2.36. The molecule has 0 heterocycles. The maximum Gasteiger partial charge on any atom is 0.102 e. The van der Waals surface area contributed by atoms with Crippen molar-refractivity contribution in [1.29, 1.82) is 0 Å². The summed E-state index contributed by atoms with van der Waals surface area (Å²) in [6, 6.07) is 0. The third kappa shape index (κ3) is 5.17. The van der Waals surface area contributed by atoms with E-state index < -0.39 is 0 Å². The topological polar surface area (TPSA) is 90.7 Å². The predicted molar refractivity (Wildman–Crippen MR) is 48.6 cm³/mol. The van der Waals surface area contributed by atoms with Crippen molar-refractivity contribution in [2.45, 2.75) is 6.92 Å². The minimum atomic E-state index is 0. The molecular formula is C8H21NO4. The second-order valence-electron chi connectivity index (χ2n) is 3.00. The van der Waals surface area contributed by atoms with Crippen molar-refractivity contribution >= 4 is 0 Å². The number of likely N-dealkylation sites (N-methyl/N-ethyl adjacent to an activating group) is 1. The van der Waals surface area contributed by atoms with Crippen LogP contribution in [0.1, 0.15) is 6.92 Å². The molecule has 0 spiro atoms. The van der Waals surface area contributed by atoms with E-state index in [0.29, 0.717) is 24.1 Å². The summed E-state index contributed by atoms with van der Waals surface area (Å²) in [6.45, 7) is 4.98. The van der Waals surface area contributed by atoms with Crippen LogP contribution in [0.15, 0.2) is 0 Å². The summed E-state index contributed by atoms with van der Waals surface area (Å²) in [5.41, 5.74) is 0. The van der Waals surface area contributed by atoms with Crippen LogP contribution in [0.2, 0.25) is 0 Å². The fraction of sp³-hybridized carbons (Fsp3) is 1.00. The Labute approximate surface area is 79.1 Å². The number of hydrogen-bond donors (Lipinski definition) is 3. The predicted octanol–water partition coefficient (Wildman–Crippen LogP) is -1.38. The van der Waals surface area contributed by atoms with Gasteiger partial charge in [0.25, 0.3) is 0 Å². The van der Waals surface area contributed by atoms with Gasteiger partial charge < -0.3 is 25.3 Å². The molecule has 0 atom stereocenters. The van der Waals surface area contributed by atoms with Gasteiger partial charge in [-0.1, -0.05) is 0 Å². The highest BCUT2D eigenvalue weighted by molar-refractivity contribution is 4.41. The molecule has 0 bridgehead atoms. The molecule has 0 aromatic rings. The molecule has 82 valence electrons. The maximum atomic E-state index is 8.81.